The van der Waals surface area contributed by atoms with Gasteiger partial charge in [-0.05, 0) is 70.4 Å². The van der Waals surface area contributed by atoms with Crippen LogP contribution in [0.5, 0.6) is 0 Å². The fourth-order valence-corrected chi connectivity index (χ4v) is 2.00. The third-order valence-electron chi connectivity index (χ3n) is 3.29. The lowest BCUT2D eigenvalue weighted by Crippen LogP contribution is -2.16. The molecule has 0 aliphatic carbocycles. The zero-order chi connectivity index (χ0) is 15.8. The molecule has 22 heavy (non-hydrogen) atoms. The summed E-state index contributed by atoms with van der Waals surface area (Å²) >= 11 is 0. The summed E-state index contributed by atoms with van der Waals surface area (Å²) in [7, 11) is 4.18. The molecule has 0 radical (unpaired) electrons. The Bertz CT molecular complexity index is 585. The molecule has 2 aromatic rings. The van der Waals surface area contributed by atoms with Crippen LogP contribution < -0.4 is 5.32 Å². The Labute approximate surface area is 132 Å². The van der Waals surface area contributed by atoms with E-state index in [1.807, 2.05) is 48.5 Å². The first-order valence-corrected chi connectivity index (χ1v) is 7.60. The van der Waals surface area contributed by atoms with Crippen molar-refractivity contribution in [2.45, 2.75) is 13.3 Å². The highest BCUT2D eigenvalue weighted by Crippen LogP contribution is 2.20. The van der Waals surface area contributed by atoms with E-state index in [1.165, 1.54) is 5.56 Å². The molecule has 2 rings (SSSR count). The van der Waals surface area contributed by atoms with Crippen LogP contribution in [0.25, 0.3) is 0 Å². The van der Waals surface area contributed by atoms with Gasteiger partial charge in [-0.25, -0.2) is 0 Å². The van der Waals surface area contributed by atoms with Crippen molar-refractivity contribution < 1.29 is 0 Å². The molecule has 0 unspecified atom stereocenters. The van der Waals surface area contributed by atoms with E-state index < -0.39 is 0 Å². The maximum atomic E-state index is 4.26. The number of benzene rings is 2. The van der Waals surface area contributed by atoms with E-state index >= 15 is 0 Å². The van der Waals surface area contributed by atoms with E-state index in [1.54, 1.807) is 0 Å². The summed E-state index contributed by atoms with van der Waals surface area (Å²) in [6.45, 7) is 4.13. The van der Waals surface area contributed by atoms with Crippen LogP contribution in [0.4, 0.5) is 17.1 Å². The normalized spacial score (nSPS) is 11.3. The van der Waals surface area contributed by atoms with Crippen LogP contribution in [0, 0.1) is 6.92 Å². The molecule has 0 spiro atoms. The molecule has 116 valence electrons. The molecule has 4 heteroatoms. The Kier molecular flexibility index (Phi) is 6.10. The first-order valence-electron chi connectivity index (χ1n) is 7.60. The fourth-order valence-electron chi connectivity index (χ4n) is 2.00. The van der Waals surface area contributed by atoms with Crippen molar-refractivity contribution in [2.24, 2.45) is 10.2 Å². The maximum absolute atomic E-state index is 4.26. The molecule has 0 heterocycles. The van der Waals surface area contributed by atoms with Gasteiger partial charge in [0.05, 0.1) is 11.4 Å². The monoisotopic (exact) mass is 296 g/mol. The van der Waals surface area contributed by atoms with Gasteiger partial charge in [-0.3, -0.25) is 0 Å². The van der Waals surface area contributed by atoms with Crippen LogP contribution in [0.3, 0.4) is 0 Å². The first kappa shape index (κ1) is 16.2. The van der Waals surface area contributed by atoms with Crippen molar-refractivity contribution in [3.63, 3.8) is 0 Å². The largest absolute Gasteiger partial charge is 0.385 e. The first-order chi connectivity index (χ1) is 10.6. The molecule has 0 aromatic heterocycles. The van der Waals surface area contributed by atoms with Gasteiger partial charge in [-0.2, -0.15) is 10.2 Å². The Balaban J connectivity index is 1.85. The van der Waals surface area contributed by atoms with Gasteiger partial charge in [0.15, 0.2) is 0 Å². The van der Waals surface area contributed by atoms with Crippen LogP contribution in [-0.4, -0.2) is 32.1 Å². The van der Waals surface area contributed by atoms with E-state index in [0.29, 0.717) is 0 Å². The molecule has 0 amide bonds. The summed E-state index contributed by atoms with van der Waals surface area (Å²) in [5.41, 5.74) is 4.08. The summed E-state index contributed by atoms with van der Waals surface area (Å²) in [5, 5.41) is 11.9. The average molecular weight is 296 g/mol. The van der Waals surface area contributed by atoms with E-state index in [4.69, 9.17) is 0 Å². The summed E-state index contributed by atoms with van der Waals surface area (Å²) in [6, 6.07) is 16.1. The molecule has 0 saturated heterocycles. The van der Waals surface area contributed by atoms with Crippen LogP contribution in [0.2, 0.25) is 0 Å². The zero-order valence-electron chi connectivity index (χ0n) is 13.6. The Morgan fingerprint density at radius 2 is 1.41 bits per heavy atom. The van der Waals surface area contributed by atoms with Gasteiger partial charge in [0.2, 0.25) is 0 Å². The van der Waals surface area contributed by atoms with Crippen LogP contribution in [-0.2, 0) is 0 Å². The second kappa shape index (κ2) is 8.29. The molecule has 0 atom stereocenters. The van der Waals surface area contributed by atoms with Gasteiger partial charge >= 0.3 is 0 Å². The molecular formula is C18H24N4. The number of aryl methyl sites for hydroxylation is 1. The Morgan fingerprint density at radius 1 is 0.864 bits per heavy atom. The lowest BCUT2D eigenvalue weighted by molar-refractivity contribution is 0.405. The van der Waals surface area contributed by atoms with Crippen molar-refractivity contribution in [1.29, 1.82) is 0 Å². The van der Waals surface area contributed by atoms with Gasteiger partial charge in [-0.1, -0.05) is 17.7 Å². The highest BCUT2D eigenvalue weighted by atomic mass is 15.1. The minimum Gasteiger partial charge on any atom is -0.385 e. The highest BCUT2D eigenvalue weighted by Gasteiger charge is 1.95. The van der Waals surface area contributed by atoms with E-state index in [9.17, 15) is 0 Å². The van der Waals surface area contributed by atoms with Gasteiger partial charge in [0, 0.05) is 12.2 Å². The number of hydrogen-bond acceptors (Lipinski definition) is 4. The fraction of sp³-hybridized carbons (Fsp3) is 0.333. The van der Waals surface area contributed by atoms with Gasteiger partial charge < -0.3 is 10.2 Å². The summed E-state index contributed by atoms with van der Waals surface area (Å²) in [4.78, 5) is 2.19. The summed E-state index contributed by atoms with van der Waals surface area (Å²) in [5.74, 6) is 0. The molecule has 0 fully saturated rings. The predicted molar refractivity (Wildman–Crippen MR) is 93.5 cm³/mol. The van der Waals surface area contributed by atoms with Crippen molar-refractivity contribution in [3.05, 3.63) is 54.1 Å². The van der Waals surface area contributed by atoms with Crippen molar-refractivity contribution in [2.75, 3.05) is 32.5 Å². The third-order valence-corrected chi connectivity index (χ3v) is 3.29. The van der Waals surface area contributed by atoms with E-state index in [2.05, 4.69) is 41.5 Å². The van der Waals surface area contributed by atoms with E-state index in [-0.39, 0.29) is 0 Å². The SMILES string of the molecule is Cc1ccc(N=Nc2ccc(NCCCN(C)C)cc2)cc1. The number of nitrogens with one attached hydrogen (secondary N) is 1. The standard InChI is InChI=1S/C18H24N4/c1-15-5-7-17(8-6-15)20-21-18-11-9-16(10-12-18)19-13-4-14-22(2)3/h5-12,19H,4,13-14H2,1-3H3. The molecule has 0 saturated carbocycles. The number of rotatable bonds is 7. The van der Waals surface area contributed by atoms with Crippen molar-refractivity contribution in [1.82, 2.24) is 4.90 Å². The summed E-state index contributed by atoms with van der Waals surface area (Å²) < 4.78 is 0. The molecular weight excluding hydrogens is 272 g/mol. The van der Waals surface area contributed by atoms with Gasteiger partial charge in [-0.15, -0.1) is 0 Å². The Hall–Kier alpha value is -2.20. The van der Waals surface area contributed by atoms with Crippen LogP contribution in [0.15, 0.2) is 58.8 Å². The van der Waals surface area contributed by atoms with Crippen molar-refractivity contribution >= 4 is 17.1 Å². The van der Waals surface area contributed by atoms with Crippen molar-refractivity contribution in [3.8, 4) is 0 Å². The molecule has 1 N–H and O–H groups in total. The van der Waals surface area contributed by atoms with Gasteiger partial charge in [0.1, 0.15) is 0 Å². The predicted octanol–water partition coefficient (Wildman–Crippen LogP) is 4.77. The average Bonchev–Trinajstić information content (AvgIpc) is 2.52. The van der Waals surface area contributed by atoms with Crippen LogP contribution >= 0.6 is 0 Å². The number of hydrogen-bond donors (Lipinski definition) is 1. The number of anilines is 1. The quantitative estimate of drug-likeness (QED) is 0.590. The molecule has 2 aromatic carbocycles. The zero-order valence-corrected chi connectivity index (χ0v) is 13.6. The van der Waals surface area contributed by atoms with Gasteiger partial charge in [0.25, 0.3) is 0 Å². The minimum atomic E-state index is 0.861. The van der Waals surface area contributed by atoms with Crippen LogP contribution in [0.1, 0.15) is 12.0 Å². The molecule has 0 aliphatic heterocycles. The second-order valence-electron chi connectivity index (χ2n) is 5.67. The molecule has 0 bridgehead atoms. The Morgan fingerprint density at radius 3 is 1.95 bits per heavy atom. The topological polar surface area (TPSA) is 40.0 Å². The lowest BCUT2D eigenvalue weighted by atomic mass is 10.2. The summed E-state index contributed by atoms with van der Waals surface area (Å²) in [6.07, 6.45) is 1.13. The maximum Gasteiger partial charge on any atom is 0.0858 e. The number of azo groups is 1. The smallest absolute Gasteiger partial charge is 0.0858 e. The third kappa shape index (κ3) is 5.66. The molecule has 4 nitrogen and oxygen atoms in total. The minimum absolute atomic E-state index is 0.861. The lowest BCUT2D eigenvalue weighted by Gasteiger charge is -2.10. The van der Waals surface area contributed by atoms with E-state index in [0.717, 1.165) is 36.6 Å². The second-order valence-corrected chi connectivity index (χ2v) is 5.67. The molecule has 0 aliphatic rings. The number of nitrogens with zero attached hydrogens (tertiary/aromatic N) is 3. The highest BCUT2D eigenvalue weighted by molar-refractivity contribution is 5.51.